The minimum atomic E-state index is -4.82. The molecular formula is C28H30ClF3N2O3S. The standard InChI is InChI=1S/C28H30ClF3N2O3S/c1-18-6-13-23(14-7-18)38(36,37)34(22-12-15-25(29)24(16-22)28(30,31)32)17-26(35)33-19(2)20-8-10-21(11-9-20)27(3,4)5/h6-16,19H,17H2,1-5H3,(H,33,35). The number of aryl methyl sites for hydroxylation is 1. The SMILES string of the molecule is Cc1ccc(S(=O)(=O)N(CC(=O)NC(C)c2ccc(C(C)(C)C)cc2)c2ccc(Cl)c(C(F)(F)F)c2)cc1. The third kappa shape index (κ3) is 6.88. The lowest BCUT2D eigenvalue weighted by Gasteiger charge is -2.26. The number of halogens is 4. The average molecular weight is 567 g/mol. The lowest BCUT2D eigenvalue weighted by atomic mass is 9.86. The summed E-state index contributed by atoms with van der Waals surface area (Å²) >= 11 is 5.75. The number of alkyl halides is 3. The summed E-state index contributed by atoms with van der Waals surface area (Å²) in [6.07, 6.45) is -4.82. The number of nitrogens with one attached hydrogen (secondary N) is 1. The van der Waals surface area contributed by atoms with E-state index in [9.17, 15) is 26.4 Å². The number of hydrogen-bond acceptors (Lipinski definition) is 3. The predicted octanol–water partition coefficient (Wildman–Crippen LogP) is 7.04. The second kappa shape index (κ2) is 11.0. The molecule has 0 radical (unpaired) electrons. The fourth-order valence-electron chi connectivity index (χ4n) is 3.81. The van der Waals surface area contributed by atoms with E-state index < -0.39 is 45.3 Å². The Balaban J connectivity index is 1.95. The maximum Gasteiger partial charge on any atom is 0.417 e. The summed E-state index contributed by atoms with van der Waals surface area (Å²) in [7, 11) is -4.40. The molecule has 38 heavy (non-hydrogen) atoms. The minimum absolute atomic E-state index is 0.0519. The number of anilines is 1. The van der Waals surface area contributed by atoms with Crippen molar-refractivity contribution in [2.75, 3.05) is 10.8 Å². The van der Waals surface area contributed by atoms with Crippen molar-refractivity contribution in [3.8, 4) is 0 Å². The number of amides is 1. The van der Waals surface area contributed by atoms with Crippen molar-refractivity contribution < 1.29 is 26.4 Å². The van der Waals surface area contributed by atoms with Crippen LogP contribution < -0.4 is 9.62 Å². The van der Waals surface area contributed by atoms with E-state index >= 15 is 0 Å². The van der Waals surface area contributed by atoms with Crippen LogP contribution in [0.3, 0.4) is 0 Å². The summed E-state index contributed by atoms with van der Waals surface area (Å²) < 4.78 is 68.4. The summed E-state index contributed by atoms with van der Waals surface area (Å²) in [6, 6.07) is 15.8. The number of benzene rings is 3. The van der Waals surface area contributed by atoms with Gasteiger partial charge in [0.05, 0.1) is 27.2 Å². The molecule has 1 N–H and O–H groups in total. The van der Waals surface area contributed by atoms with Crippen molar-refractivity contribution in [2.45, 2.75) is 57.1 Å². The van der Waals surface area contributed by atoms with E-state index in [1.54, 1.807) is 26.0 Å². The first kappa shape index (κ1) is 29.5. The number of sulfonamides is 1. The highest BCUT2D eigenvalue weighted by molar-refractivity contribution is 7.92. The van der Waals surface area contributed by atoms with Gasteiger partial charge in [-0.05, 0) is 60.7 Å². The van der Waals surface area contributed by atoms with Crippen LogP contribution in [-0.2, 0) is 26.4 Å². The second-order valence-electron chi connectivity index (χ2n) is 10.1. The van der Waals surface area contributed by atoms with Crippen molar-refractivity contribution in [2.24, 2.45) is 0 Å². The zero-order valence-electron chi connectivity index (χ0n) is 21.7. The summed E-state index contributed by atoms with van der Waals surface area (Å²) in [5, 5.41) is 2.17. The fourth-order valence-corrected chi connectivity index (χ4v) is 5.45. The van der Waals surface area contributed by atoms with E-state index in [1.165, 1.54) is 12.1 Å². The Bertz CT molecular complexity index is 1400. The van der Waals surface area contributed by atoms with Crippen LogP contribution in [0.1, 0.15) is 56.0 Å². The topological polar surface area (TPSA) is 66.5 Å². The molecule has 0 fully saturated rings. The Morgan fingerprint density at radius 1 is 0.974 bits per heavy atom. The third-order valence-corrected chi connectivity index (χ3v) is 8.21. The van der Waals surface area contributed by atoms with Gasteiger partial charge in [0.2, 0.25) is 5.91 Å². The quantitative estimate of drug-likeness (QED) is 0.334. The molecule has 204 valence electrons. The Morgan fingerprint density at radius 3 is 2.08 bits per heavy atom. The van der Waals surface area contributed by atoms with Gasteiger partial charge in [0, 0.05) is 0 Å². The molecule has 0 heterocycles. The van der Waals surface area contributed by atoms with Gasteiger partial charge in [0.25, 0.3) is 10.0 Å². The molecule has 0 saturated carbocycles. The molecule has 10 heteroatoms. The van der Waals surface area contributed by atoms with Crippen LogP contribution in [0.4, 0.5) is 18.9 Å². The van der Waals surface area contributed by atoms with Crippen LogP contribution in [0.5, 0.6) is 0 Å². The highest BCUT2D eigenvalue weighted by Gasteiger charge is 2.35. The van der Waals surface area contributed by atoms with Gasteiger partial charge in [-0.2, -0.15) is 13.2 Å². The lowest BCUT2D eigenvalue weighted by molar-refractivity contribution is -0.137. The zero-order valence-corrected chi connectivity index (χ0v) is 23.3. The second-order valence-corrected chi connectivity index (χ2v) is 12.4. The Labute approximate surface area is 226 Å². The van der Waals surface area contributed by atoms with E-state index in [-0.39, 0.29) is 16.0 Å². The van der Waals surface area contributed by atoms with Crippen LogP contribution >= 0.6 is 11.6 Å². The smallest absolute Gasteiger partial charge is 0.348 e. The van der Waals surface area contributed by atoms with Crippen molar-refractivity contribution >= 4 is 33.2 Å². The largest absolute Gasteiger partial charge is 0.417 e. The monoisotopic (exact) mass is 566 g/mol. The first-order chi connectivity index (χ1) is 17.5. The van der Waals surface area contributed by atoms with Gasteiger partial charge in [0.1, 0.15) is 6.54 Å². The number of carbonyl (C=O) groups is 1. The Kier molecular flexibility index (Phi) is 8.53. The van der Waals surface area contributed by atoms with Crippen LogP contribution in [0.15, 0.2) is 71.6 Å². The molecule has 1 unspecified atom stereocenters. The maximum absolute atomic E-state index is 13.5. The first-order valence-corrected chi connectivity index (χ1v) is 13.7. The van der Waals surface area contributed by atoms with E-state index in [4.69, 9.17) is 11.6 Å². The first-order valence-electron chi connectivity index (χ1n) is 11.9. The Morgan fingerprint density at radius 2 is 1.55 bits per heavy atom. The van der Waals surface area contributed by atoms with E-state index in [0.717, 1.165) is 28.8 Å². The van der Waals surface area contributed by atoms with Gasteiger partial charge < -0.3 is 5.32 Å². The summed E-state index contributed by atoms with van der Waals surface area (Å²) in [5.74, 6) is -0.684. The van der Waals surface area contributed by atoms with Crippen LogP contribution in [0, 0.1) is 6.92 Å². The summed E-state index contributed by atoms with van der Waals surface area (Å²) in [5.41, 5.74) is 1.12. The molecule has 1 atom stereocenters. The number of rotatable bonds is 7. The molecule has 0 spiro atoms. The molecule has 3 rings (SSSR count). The predicted molar refractivity (Wildman–Crippen MR) is 144 cm³/mol. The summed E-state index contributed by atoms with van der Waals surface area (Å²) in [4.78, 5) is 12.9. The van der Waals surface area contributed by atoms with E-state index in [1.807, 2.05) is 24.3 Å². The van der Waals surface area contributed by atoms with Crippen LogP contribution in [0.2, 0.25) is 5.02 Å². The molecular weight excluding hydrogens is 537 g/mol. The number of carbonyl (C=O) groups excluding carboxylic acids is 1. The molecule has 0 saturated heterocycles. The third-order valence-electron chi connectivity index (χ3n) is 6.09. The number of nitrogens with zero attached hydrogens (tertiary/aromatic N) is 1. The van der Waals surface area contributed by atoms with E-state index in [0.29, 0.717) is 10.4 Å². The van der Waals surface area contributed by atoms with Crippen molar-refractivity contribution in [1.29, 1.82) is 0 Å². The van der Waals surface area contributed by atoms with E-state index in [2.05, 4.69) is 26.1 Å². The maximum atomic E-state index is 13.5. The van der Waals surface area contributed by atoms with Gasteiger partial charge in [-0.3, -0.25) is 9.10 Å². The van der Waals surface area contributed by atoms with Gasteiger partial charge in [-0.1, -0.05) is 74.3 Å². The fraction of sp³-hybridized carbons (Fsp3) is 0.321. The average Bonchev–Trinajstić information content (AvgIpc) is 2.82. The summed E-state index contributed by atoms with van der Waals surface area (Å²) in [6.45, 7) is 9.02. The molecule has 5 nitrogen and oxygen atoms in total. The van der Waals surface area contributed by atoms with Crippen molar-refractivity contribution in [3.05, 3.63) is 94.0 Å². The normalized spacial score (nSPS) is 13.2. The molecule has 0 aliphatic carbocycles. The molecule has 0 aliphatic rings. The van der Waals surface area contributed by atoms with Gasteiger partial charge in [-0.15, -0.1) is 0 Å². The molecule has 3 aromatic rings. The lowest BCUT2D eigenvalue weighted by Crippen LogP contribution is -2.41. The molecule has 0 aliphatic heterocycles. The Hall–Kier alpha value is -3.04. The minimum Gasteiger partial charge on any atom is -0.348 e. The highest BCUT2D eigenvalue weighted by atomic mass is 35.5. The van der Waals surface area contributed by atoms with Crippen LogP contribution in [0.25, 0.3) is 0 Å². The molecule has 0 bridgehead atoms. The van der Waals surface area contributed by atoms with Crippen molar-refractivity contribution in [3.63, 3.8) is 0 Å². The van der Waals surface area contributed by atoms with Gasteiger partial charge >= 0.3 is 6.18 Å². The molecule has 3 aromatic carbocycles. The van der Waals surface area contributed by atoms with Gasteiger partial charge in [0.15, 0.2) is 0 Å². The zero-order chi connectivity index (χ0) is 28.5. The van der Waals surface area contributed by atoms with Crippen molar-refractivity contribution in [1.82, 2.24) is 5.32 Å². The van der Waals surface area contributed by atoms with Gasteiger partial charge in [-0.25, -0.2) is 8.42 Å². The molecule has 1 amide bonds. The molecule has 0 aromatic heterocycles. The van der Waals surface area contributed by atoms with Crippen LogP contribution in [-0.4, -0.2) is 20.9 Å². The number of hydrogen-bond donors (Lipinski definition) is 1. The highest BCUT2D eigenvalue weighted by Crippen LogP contribution is 2.38.